The van der Waals surface area contributed by atoms with E-state index in [1.807, 2.05) is 11.9 Å². The Hall–Kier alpha value is -1.98. The smallest absolute Gasteiger partial charge is 0.141 e. The summed E-state index contributed by atoms with van der Waals surface area (Å²) in [7, 11) is 1.96. The molecule has 0 spiro atoms. The number of hydrogen-bond donors (Lipinski definition) is 1. The van der Waals surface area contributed by atoms with Gasteiger partial charge in [-0.25, -0.2) is 9.97 Å². The van der Waals surface area contributed by atoms with Crippen LogP contribution in [0.5, 0.6) is 0 Å². The van der Waals surface area contributed by atoms with Crippen LogP contribution < -0.4 is 4.90 Å². The van der Waals surface area contributed by atoms with Crippen molar-refractivity contribution in [3.63, 3.8) is 0 Å². The van der Waals surface area contributed by atoms with Gasteiger partial charge in [-0.2, -0.15) is 0 Å². The number of rotatable bonds is 5. The van der Waals surface area contributed by atoms with E-state index in [0.717, 1.165) is 22.5 Å². The van der Waals surface area contributed by atoms with Gasteiger partial charge in [0.05, 0.1) is 12.0 Å². The first-order chi connectivity index (χ1) is 11.6. The largest absolute Gasteiger partial charge is 0.395 e. The number of fused-ring (bicyclic) bond motifs is 1. The third-order valence-corrected chi connectivity index (χ3v) is 5.70. The predicted molar refractivity (Wildman–Crippen MR) is 102 cm³/mol. The van der Waals surface area contributed by atoms with Crippen LogP contribution in [0.25, 0.3) is 21.3 Å². The number of aromatic nitrogens is 2. The summed E-state index contributed by atoms with van der Waals surface area (Å²) in [6.07, 6.45) is 2.58. The van der Waals surface area contributed by atoms with Gasteiger partial charge in [0.15, 0.2) is 0 Å². The molecule has 2 aromatic heterocycles. The number of hydrogen-bond acceptors (Lipinski definition) is 5. The molecule has 1 N–H and O–H groups in total. The highest BCUT2D eigenvalue weighted by Gasteiger charge is 2.20. The number of nitrogens with zero attached hydrogens (tertiary/aromatic N) is 3. The van der Waals surface area contributed by atoms with Gasteiger partial charge < -0.3 is 10.0 Å². The monoisotopic (exact) mass is 341 g/mol. The molecule has 0 aliphatic carbocycles. The van der Waals surface area contributed by atoms with Crippen molar-refractivity contribution in [2.24, 2.45) is 0 Å². The van der Waals surface area contributed by atoms with E-state index >= 15 is 0 Å². The molecule has 3 rings (SSSR count). The second-order valence-electron chi connectivity index (χ2n) is 6.08. The molecular weight excluding hydrogens is 318 g/mol. The Bertz CT molecular complexity index is 872. The van der Waals surface area contributed by atoms with E-state index < -0.39 is 0 Å². The molecule has 0 unspecified atom stereocenters. The minimum Gasteiger partial charge on any atom is -0.395 e. The first-order valence-electron chi connectivity index (χ1n) is 8.22. The fourth-order valence-corrected chi connectivity index (χ4v) is 4.06. The fourth-order valence-electron chi connectivity index (χ4n) is 2.96. The Kier molecular flexibility index (Phi) is 4.83. The number of aliphatic hydroxyl groups excluding tert-OH is 1. The molecule has 0 aliphatic rings. The molecule has 2 heterocycles. The van der Waals surface area contributed by atoms with Gasteiger partial charge in [0, 0.05) is 24.0 Å². The molecular formula is C19H23N3OS. The van der Waals surface area contributed by atoms with Crippen molar-refractivity contribution in [2.45, 2.75) is 27.2 Å². The zero-order valence-electron chi connectivity index (χ0n) is 14.6. The second-order valence-corrected chi connectivity index (χ2v) is 7.16. The van der Waals surface area contributed by atoms with Crippen LogP contribution in [0.1, 0.15) is 22.9 Å². The SMILES string of the molecule is CCc1sc2ncnc(N(C)CCO)c2c1-c1ccc(C)c(C)c1. The first-order valence-corrected chi connectivity index (χ1v) is 9.04. The third kappa shape index (κ3) is 2.89. The van der Waals surface area contributed by atoms with Crippen molar-refractivity contribution >= 4 is 27.4 Å². The Labute approximate surface area is 146 Å². The molecule has 1 aromatic carbocycles. The van der Waals surface area contributed by atoms with Gasteiger partial charge in [0.1, 0.15) is 17.0 Å². The molecule has 0 saturated carbocycles. The predicted octanol–water partition coefficient (Wildman–Crippen LogP) is 3.97. The van der Waals surface area contributed by atoms with Gasteiger partial charge in [0.2, 0.25) is 0 Å². The van der Waals surface area contributed by atoms with Crippen LogP contribution in [0.2, 0.25) is 0 Å². The second kappa shape index (κ2) is 6.87. The van der Waals surface area contributed by atoms with Crippen molar-refractivity contribution in [1.82, 2.24) is 9.97 Å². The summed E-state index contributed by atoms with van der Waals surface area (Å²) in [5.74, 6) is 0.887. The highest BCUT2D eigenvalue weighted by atomic mass is 32.1. The maximum atomic E-state index is 9.29. The maximum absolute atomic E-state index is 9.29. The standard InChI is InChI=1S/C19H23N3OS/c1-5-15-16(14-7-6-12(2)13(3)10-14)17-18(22(4)8-9-23)20-11-21-19(17)24-15/h6-7,10-11,23H,5,8-9H2,1-4H3. The van der Waals surface area contributed by atoms with Gasteiger partial charge >= 0.3 is 0 Å². The number of benzene rings is 1. The number of thiophene rings is 1. The summed E-state index contributed by atoms with van der Waals surface area (Å²) in [6.45, 7) is 7.12. The van der Waals surface area contributed by atoms with Crippen LogP contribution in [0.15, 0.2) is 24.5 Å². The summed E-state index contributed by atoms with van der Waals surface area (Å²) in [5.41, 5.74) is 5.04. The average molecular weight is 341 g/mol. The topological polar surface area (TPSA) is 49.2 Å². The van der Waals surface area contributed by atoms with Gasteiger partial charge in [-0.3, -0.25) is 0 Å². The molecule has 126 valence electrons. The molecule has 0 bridgehead atoms. The third-order valence-electron chi connectivity index (χ3n) is 4.45. The Morgan fingerprint density at radius 2 is 1.96 bits per heavy atom. The zero-order chi connectivity index (χ0) is 17.3. The van der Waals surface area contributed by atoms with Crippen LogP contribution in [0, 0.1) is 13.8 Å². The van der Waals surface area contributed by atoms with Crippen molar-refractivity contribution in [2.75, 3.05) is 25.1 Å². The summed E-state index contributed by atoms with van der Waals surface area (Å²) >= 11 is 1.74. The van der Waals surface area contributed by atoms with Gasteiger partial charge in [0.25, 0.3) is 0 Å². The minimum atomic E-state index is 0.103. The lowest BCUT2D eigenvalue weighted by atomic mass is 9.98. The molecule has 0 aliphatic heterocycles. The van der Waals surface area contributed by atoms with Crippen LogP contribution >= 0.6 is 11.3 Å². The molecule has 5 heteroatoms. The van der Waals surface area contributed by atoms with E-state index in [2.05, 4.69) is 48.9 Å². The van der Waals surface area contributed by atoms with E-state index in [1.54, 1.807) is 17.7 Å². The maximum Gasteiger partial charge on any atom is 0.141 e. The summed E-state index contributed by atoms with van der Waals surface area (Å²) in [4.78, 5) is 13.3. The van der Waals surface area contributed by atoms with E-state index in [9.17, 15) is 5.11 Å². The van der Waals surface area contributed by atoms with Gasteiger partial charge in [-0.1, -0.05) is 25.1 Å². The van der Waals surface area contributed by atoms with E-state index in [1.165, 1.54) is 27.1 Å². The van der Waals surface area contributed by atoms with Gasteiger partial charge in [-0.05, 0) is 37.0 Å². The van der Waals surface area contributed by atoms with Crippen LogP contribution in [0.4, 0.5) is 5.82 Å². The van der Waals surface area contributed by atoms with Crippen molar-refractivity contribution in [1.29, 1.82) is 0 Å². The lowest BCUT2D eigenvalue weighted by Gasteiger charge is -2.18. The van der Waals surface area contributed by atoms with Crippen molar-refractivity contribution in [3.05, 3.63) is 40.5 Å². The van der Waals surface area contributed by atoms with Crippen molar-refractivity contribution < 1.29 is 5.11 Å². The Balaban J connectivity index is 2.30. The van der Waals surface area contributed by atoms with Gasteiger partial charge in [-0.15, -0.1) is 11.3 Å². The molecule has 0 fully saturated rings. The number of aliphatic hydroxyl groups is 1. The fraction of sp³-hybridized carbons (Fsp3) is 0.368. The van der Waals surface area contributed by atoms with Crippen molar-refractivity contribution in [3.8, 4) is 11.1 Å². The van der Waals surface area contributed by atoms with E-state index in [-0.39, 0.29) is 6.61 Å². The molecule has 24 heavy (non-hydrogen) atoms. The molecule has 0 atom stereocenters. The first kappa shape index (κ1) is 16.9. The van der Waals surface area contributed by atoms with E-state index in [4.69, 9.17) is 0 Å². The Morgan fingerprint density at radius 3 is 2.62 bits per heavy atom. The molecule has 0 saturated heterocycles. The van der Waals surface area contributed by atoms with Crippen LogP contribution in [-0.4, -0.2) is 35.3 Å². The average Bonchev–Trinajstić information content (AvgIpc) is 2.96. The number of anilines is 1. The summed E-state index contributed by atoms with van der Waals surface area (Å²) < 4.78 is 0. The highest BCUT2D eigenvalue weighted by Crippen LogP contribution is 2.42. The molecule has 0 radical (unpaired) electrons. The zero-order valence-corrected chi connectivity index (χ0v) is 15.4. The quantitative estimate of drug-likeness (QED) is 0.763. The van der Waals surface area contributed by atoms with Crippen LogP contribution in [0.3, 0.4) is 0 Å². The lowest BCUT2D eigenvalue weighted by Crippen LogP contribution is -2.22. The molecule has 3 aromatic rings. The minimum absolute atomic E-state index is 0.103. The van der Waals surface area contributed by atoms with E-state index in [0.29, 0.717) is 6.54 Å². The summed E-state index contributed by atoms with van der Waals surface area (Å²) in [5, 5.41) is 10.4. The normalized spacial score (nSPS) is 11.2. The van der Waals surface area contributed by atoms with Crippen LogP contribution in [-0.2, 0) is 6.42 Å². The number of aryl methyl sites for hydroxylation is 3. The highest BCUT2D eigenvalue weighted by molar-refractivity contribution is 7.19. The molecule has 0 amide bonds. The summed E-state index contributed by atoms with van der Waals surface area (Å²) in [6, 6.07) is 6.61. The Morgan fingerprint density at radius 1 is 1.17 bits per heavy atom. The lowest BCUT2D eigenvalue weighted by molar-refractivity contribution is 0.304. The number of likely N-dealkylation sites (N-methyl/N-ethyl adjacent to an activating group) is 1. The molecule has 4 nitrogen and oxygen atoms in total.